The van der Waals surface area contributed by atoms with Gasteiger partial charge in [0.25, 0.3) is 0 Å². The summed E-state index contributed by atoms with van der Waals surface area (Å²) in [6, 6.07) is 6.81. The summed E-state index contributed by atoms with van der Waals surface area (Å²) in [5, 5.41) is 0.803. The molecular formula is C11H12BrF. The molecule has 0 N–H and O–H groups in total. The molecule has 2 heteroatoms. The third-order valence-corrected chi connectivity index (χ3v) is 2.61. The summed E-state index contributed by atoms with van der Waals surface area (Å²) in [5.74, 6) is -0.158. The maximum Gasteiger partial charge on any atom is 0.130 e. The fourth-order valence-corrected chi connectivity index (χ4v) is 1.61. The summed E-state index contributed by atoms with van der Waals surface area (Å²) in [6.07, 6.45) is 2.84. The van der Waals surface area contributed by atoms with Gasteiger partial charge >= 0.3 is 0 Å². The van der Waals surface area contributed by atoms with Crippen LogP contribution in [-0.2, 0) is 0 Å². The first-order valence-corrected chi connectivity index (χ1v) is 5.40. The zero-order valence-electron chi connectivity index (χ0n) is 7.56. The van der Waals surface area contributed by atoms with Gasteiger partial charge in [0.2, 0.25) is 0 Å². The third-order valence-electron chi connectivity index (χ3n) is 1.89. The van der Waals surface area contributed by atoms with E-state index in [2.05, 4.69) is 22.9 Å². The van der Waals surface area contributed by atoms with E-state index >= 15 is 0 Å². The summed E-state index contributed by atoms with van der Waals surface area (Å²) in [4.78, 5) is 0. The molecule has 70 valence electrons. The average molecular weight is 243 g/mol. The quantitative estimate of drug-likeness (QED) is 0.703. The molecular weight excluding hydrogens is 231 g/mol. The number of alkyl halides is 1. The van der Waals surface area contributed by atoms with Crippen molar-refractivity contribution in [2.45, 2.75) is 13.3 Å². The maximum atomic E-state index is 13.2. The van der Waals surface area contributed by atoms with E-state index in [9.17, 15) is 4.39 Å². The van der Waals surface area contributed by atoms with Crippen molar-refractivity contribution < 1.29 is 4.39 Å². The van der Waals surface area contributed by atoms with Crippen molar-refractivity contribution in [3.63, 3.8) is 0 Å². The lowest BCUT2D eigenvalue weighted by molar-refractivity contribution is 0.625. The van der Waals surface area contributed by atoms with Gasteiger partial charge in [0.15, 0.2) is 0 Å². The van der Waals surface area contributed by atoms with Crippen molar-refractivity contribution in [1.82, 2.24) is 0 Å². The van der Waals surface area contributed by atoms with Gasteiger partial charge in [-0.25, -0.2) is 4.39 Å². The summed E-state index contributed by atoms with van der Waals surface area (Å²) in [6.45, 7) is 2.06. The Labute approximate surface area is 86.6 Å². The van der Waals surface area contributed by atoms with Crippen molar-refractivity contribution in [3.05, 3.63) is 41.2 Å². The van der Waals surface area contributed by atoms with Crippen molar-refractivity contribution in [2.75, 3.05) is 5.33 Å². The van der Waals surface area contributed by atoms with Crippen molar-refractivity contribution in [1.29, 1.82) is 0 Å². The highest BCUT2D eigenvalue weighted by Crippen LogP contribution is 2.14. The van der Waals surface area contributed by atoms with E-state index in [0.717, 1.165) is 11.8 Å². The van der Waals surface area contributed by atoms with Gasteiger partial charge in [-0.05, 0) is 12.5 Å². The standard InChI is InChI=1S/C11H12BrF/c1-2-9(8-12)7-10-5-3-4-6-11(10)13/h3-7H,2,8H2,1H3/b9-7-. The fourth-order valence-electron chi connectivity index (χ4n) is 1.05. The second-order valence-electron chi connectivity index (χ2n) is 2.81. The average Bonchev–Trinajstić information content (AvgIpc) is 2.17. The summed E-state index contributed by atoms with van der Waals surface area (Å²) < 4.78 is 13.2. The first-order chi connectivity index (χ1) is 6.27. The zero-order valence-corrected chi connectivity index (χ0v) is 9.14. The number of allylic oxidation sites excluding steroid dienone is 1. The number of rotatable bonds is 3. The van der Waals surface area contributed by atoms with Gasteiger partial charge in [0.05, 0.1) is 0 Å². The Hall–Kier alpha value is -0.630. The number of benzene rings is 1. The molecule has 0 unspecified atom stereocenters. The highest BCUT2D eigenvalue weighted by atomic mass is 79.9. The Balaban J connectivity index is 2.95. The Bertz CT molecular complexity index is 299. The van der Waals surface area contributed by atoms with Gasteiger partial charge in [0, 0.05) is 10.9 Å². The molecule has 0 aliphatic carbocycles. The highest BCUT2D eigenvalue weighted by molar-refractivity contribution is 9.09. The van der Waals surface area contributed by atoms with Gasteiger partial charge in [-0.15, -0.1) is 0 Å². The van der Waals surface area contributed by atoms with Gasteiger partial charge in [-0.1, -0.05) is 52.7 Å². The minimum atomic E-state index is -0.158. The molecule has 0 aliphatic rings. The number of halogens is 2. The minimum Gasteiger partial charge on any atom is -0.206 e. The van der Waals surface area contributed by atoms with Crippen LogP contribution in [0.4, 0.5) is 4.39 Å². The molecule has 0 atom stereocenters. The molecule has 1 aromatic rings. The lowest BCUT2D eigenvalue weighted by Crippen LogP contribution is -1.85. The van der Waals surface area contributed by atoms with Crippen LogP contribution in [0.5, 0.6) is 0 Å². The van der Waals surface area contributed by atoms with Crippen LogP contribution < -0.4 is 0 Å². The predicted octanol–water partition coefficient (Wildman–Crippen LogP) is 4.01. The Morgan fingerprint density at radius 2 is 2.15 bits per heavy atom. The summed E-state index contributed by atoms with van der Waals surface area (Å²) in [7, 11) is 0. The van der Waals surface area contributed by atoms with Crippen LogP contribution in [0.15, 0.2) is 29.8 Å². The Morgan fingerprint density at radius 3 is 2.69 bits per heavy atom. The minimum absolute atomic E-state index is 0.158. The summed E-state index contributed by atoms with van der Waals surface area (Å²) in [5.41, 5.74) is 1.86. The Kier molecular flexibility index (Phi) is 4.16. The van der Waals surface area contributed by atoms with Crippen LogP contribution in [0.1, 0.15) is 18.9 Å². The first kappa shape index (κ1) is 10.5. The number of hydrogen-bond donors (Lipinski definition) is 0. The second-order valence-corrected chi connectivity index (χ2v) is 3.37. The van der Waals surface area contributed by atoms with Crippen molar-refractivity contribution >= 4 is 22.0 Å². The van der Waals surface area contributed by atoms with E-state index in [1.165, 1.54) is 11.6 Å². The number of hydrogen-bond acceptors (Lipinski definition) is 0. The van der Waals surface area contributed by atoms with Crippen molar-refractivity contribution in [3.8, 4) is 0 Å². The first-order valence-electron chi connectivity index (χ1n) is 4.28. The molecule has 0 amide bonds. The SMILES string of the molecule is CC/C(=C/c1ccccc1F)CBr. The van der Waals surface area contributed by atoms with Crippen molar-refractivity contribution in [2.24, 2.45) is 0 Å². The van der Waals surface area contributed by atoms with E-state index < -0.39 is 0 Å². The van der Waals surface area contributed by atoms with Crippen LogP contribution >= 0.6 is 15.9 Å². The largest absolute Gasteiger partial charge is 0.206 e. The van der Waals surface area contributed by atoms with Crippen LogP contribution in [-0.4, -0.2) is 5.33 Å². The zero-order chi connectivity index (χ0) is 9.68. The molecule has 0 bridgehead atoms. The van der Waals surface area contributed by atoms with Gasteiger partial charge < -0.3 is 0 Å². The normalized spacial score (nSPS) is 11.8. The monoisotopic (exact) mass is 242 g/mol. The molecule has 0 aromatic heterocycles. The van der Waals surface area contributed by atoms with Crippen LogP contribution in [0.3, 0.4) is 0 Å². The van der Waals surface area contributed by atoms with Gasteiger partial charge in [-0.3, -0.25) is 0 Å². The van der Waals surface area contributed by atoms with E-state index in [1.54, 1.807) is 12.1 Å². The molecule has 13 heavy (non-hydrogen) atoms. The molecule has 1 rings (SSSR count). The smallest absolute Gasteiger partial charge is 0.130 e. The topological polar surface area (TPSA) is 0 Å². The van der Waals surface area contributed by atoms with E-state index in [4.69, 9.17) is 0 Å². The van der Waals surface area contributed by atoms with E-state index in [0.29, 0.717) is 5.56 Å². The molecule has 0 radical (unpaired) electrons. The predicted molar refractivity (Wildman–Crippen MR) is 58.5 cm³/mol. The lowest BCUT2D eigenvalue weighted by Gasteiger charge is -2.00. The highest BCUT2D eigenvalue weighted by Gasteiger charge is 1.98. The molecule has 0 fully saturated rings. The maximum absolute atomic E-state index is 13.2. The van der Waals surface area contributed by atoms with Crippen LogP contribution in [0, 0.1) is 5.82 Å². The van der Waals surface area contributed by atoms with E-state index in [1.807, 2.05) is 12.1 Å². The molecule has 1 aromatic carbocycles. The van der Waals surface area contributed by atoms with Gasteiger partial charge in [0.1, 0.15) is 5.82 Å². The molecule has 0 aliphatic heterocycles. The summed E-state index contributed by atoms with van der Waals surface area (Å²) >= 11 is 3.37. The van der Waals surface area contributed by atoms with Crippen LogP contribution in [0.2, 0.25) is 0 Å². The van der Waals surface area contributed by atoms with Gasteiger partial charge in [-0.2, -0.15) is 0 Å². The lowest BCUT2D eigenvalue weighted by atomic mass is 10.1. The second kappa shape index (κ2) is 5.18. The molecule has 0 nitrogen and oxygen atoms in total. The molecule has 0 saturated carbocycles. The molecule has 0 saturated heterocycles. The molecule has 0 heterocycles. The van der Waals surface area contributed by atoms with E-state index in [-0.39, 0.29) is 5.82 Å². The third kappa shape index (κ3) is 2.96. The Morgan fingerprint density at radius 1 is 1.46 bits per heavy atom. The van der Waals surface area contributed by atoms with Crippen LogP contribution in [0.25, 0.3) is 6.08 Å². The fraction of sp³-hybridized carbons (Fsp3) is 0.273. The molecule has 0 spiro atoms.